The third-order valence-corrected chi connectivity index (χ3v) is 4.24. The topological polar surface area (TPSA) is 92.9 Å². The van der Waals surface area contributed by atoms with Crippen molar-refractivity contribution in [2.24, 2.45) is 0 Å². The highest BCUT2D eigenvalue weighted by Crippen LogP contribution is 2.25. The summed E-state index contributed by atoms with van der Waals surface area (Å²) in [5.74, 6) is -0.868. The predicted molar refractivity (Wildman–Crippen MR) is 101 cm³/mol. The Labute approximate surface area is 158 Å². The Morgan fingerprint density at radius 1 is 1.18 bits per heavy atom. The first-order valence-electron chi connectivity index (χ1n) is 8.44. The minimum Gasteiger partial charge on any atom is -0.355 e. The van der Waals surface area contributed by atoms with Crippen LogP contribution in [0.15, 0.2) is 70.1 Å². The van der Waals surface area contributed by atoms with E-state index in [1.54, 1.807) is 49.5 Å². The van der Waals surface area contributed by atoms with Crippen molar-refractivity contribution in [1.29, 1.82) is 0 Å². The lowest BCUT2D eigenvalue weighted by molar-refractivity contribution is 0.101. The molecule has 0 radical (unpaired) electrons. The van der Waals surface area contributed by atoms with Crippen LogP contribution in [0.5, 0.6) is 0 Å². The van der Waals surface area contributed by atoms with Gasteiger partial charge in [0.25, 0.3) is 5.91 Å². The number of aromatic nitrogens is 3. The fourth-order valence-electron chi connectivity index (χ4n) is 2.89. The SMILES string of the molecule is Cc1c[nH]c(=O)n1-c1ccccc1NC(=O)c1cc(-c2ccccc2F)on1. The largest absolute Gasteiger partial charge is 0.355 e. The van der Waals surface area contributed by atoms with Crippen LogP contribution in [0.3, 0.4) is 0 Å². The van der Waals surface area contributed by atoms with Crippen LogP contribution in [0.2, 0.25) is 0 Å². The molecule has 0 fully saturated rings. The number of carbonyl (C=O) groups excluding carboxylic acids is 1. The van der Waals surface area contributed by atoms with Crippen molar-refractivity contribution in [3.63, 3.8) is 0 Å². The quantitative estimate of drug-likeness (QED) is 0.568. The number of imidazole rings is 1. The maximum absolute atomic E-state index is 13.9. The van der Waals surface area contributed by atoms with E-state index in [0.717, 1.165) is 0 Å². The lowest BCUT2D eigenvalue weighted by Crippen LogP contribution is -2.19. The summed E-state index contributed by atoms with van der Waals surface area (Å²) in [6, 6.07) is 14.3. The van der Waals surface area contributed by atoms with Crippen LogP contribution in [0.4, 0.5) is 10.1 Å². The molecule has 0 unspecified atom stereocenters. The molecule has 0 bridgehead atoms. The van der Waals surface area contributed by atoms with E-state index < -0.39 is 11.7 Å². The van der Waals surface area contributed by atoms with Gasteiger partial charge in [0.2, 0.25) is 0 Å². The van der Waals surface area contributed by atoms with Gasteiger partial charge in [-0.25, -0.2) is 9.18 Å². The standard InChI is InChI=1S/C20H15FN4O3/c1-12-11-22-20(27)25(12)17-9-5-4-8-15(17)23-19(26)16-10-18(28-24-16)13-6-2-3-7-14(13)21/h2-11H,1H3,(H,22,27)(H,23,26). The summed E-state index contributed by atoms with van der Waals surface area (Å²) in [6.45, 7) is 1.77. The highest BCUT2D eigenvalue weighted by molar-refractivity contribution is 6.04. The molecule has 0 atom stereocenters. The zero-order valence-electron chi connectivity index (χ0n) is 14.8. The number of benzene rings is 2. The number of halogens is 1. The van der Waals surface area contributed by atoms with Crippen LogP contribution in [0, 0.1) is 12.7 Å². The first-order chi connectivity index (χ1) is 13.5. The predicted octanol–water partition coefficient (Wildman–Crippen LogP) is 3.52. The molecular formula is C20H15FN4O3. The molecule has 0 saturated heterocycles. The lowest BCUT2D eigenvalue weighted by atomic mass is 10.1. The molecule has 2 aromatic carbocycles. The molecule has 0 saturated carbocycles. The molecule has 140 valence electrons. The molecular weight excluding hydrogens is 363 g/mol. The Balaban J connectivity index is 1.64. The van der Waals surface area contributed by atoms with Crippen LogP contribution >= 0.6 is 0 Å². The minimum absolute atomic E-state index is 0.00815. The van der Waals surface area contributed by atoms with Gasteiger partial charge >= 0.3 is 5.69 Å². The number of rotatable bonds is 4. The number of para-hydroxylation sites is 2. The number of aryl methyl sites for hydroxylation is 1. The van der Waals surface area contributed by atoms with Gasteiger partial charge in [0.05, 0.1) is 16.9 Å². The number of hydrogen-bond donors (Lipinski definition) is 2. The van der Waals surface area contributed by atoms with Crippen LogP contribution in [-0.2, 0) is 0 Å². The van der Waals surface area contributed by atoms with E-state index in [4.69, 9.17) is 4.52 Å². The van der Waals surface area contributed by atoms with Crippen molar-refractivity contribution in [2.45, 2.75) is 6.92 Å². The fourth-order valence-corrected chi connectivity index (χ4v) is 2.89. The van der Waals surface area contributed by atoms with Crippen molar-refractivity contribution < 1.29 is 13.7 Å². The van der Waals surface area contributed by atoms with Crippen LogP contribution in [0.25, 0.3) is 17.0 Å². The number of nitrogens with one attached hydrogen (secondary N) is 2. The third-order valence-electron chi connectivity index (χ3n) is 4.24. The number of H-pyrrole nitrogens is 1. The summed E-state index contributed by atoms with van der Waals surface area (Å²) in [4.78, 5) is 27.3. The maximum Gasteiger partial charge on any atom is 0.330 e. The summed E-state index contributed by atoms with van der Waals surface area (Å²) in [6.07, 6.45) is 1.58. The number of amides is 1. The first-order valence-corrected chi connectivity index (χ1v) is 8.44. The van der Waals surface area contributed by atoms with Crippen molar-refractivity contribution >= 4 is 11.6 Å². The summed E-state index contributed by atoms with van der Waals surface area (Å²) in [7, 11) is 0. The second-order valence-electron chi connectivity index (χ2n) is 6.10. The lowest BCUT2D eigenvalue weighted by Gasteiger charge is -2.11. The Kier molecular flexibility index (Phi) is 4.36. The zero-order chi connectivity index (χ0) is 19.7. The van der Waals surface area contributed by atoms with Gasteiger partial charge in [0, 0.05) is 18.0 Å². The maximum atomic E-state index is 13.9. The van der Waals surface area contributed by atoms with Crippen LogP contribution in [-0.4, -0.2) is 20.6 Å². The average molecular weight is 378 g/mol. The van der Waals surface area contributed by atoms with Gasteiger partial charge in [0.15, 0.2) is 11.5 Å². The average Bonchev–Trinajstić information content (AvgIpc) is 3.30. The van der Waals surface area contributed by atoms with Gasteiger partial charge in [0.1, 0.15) is 5.82 Å². The molecule has 4 rings (SSSR count). The van der Waals surface area contributed by atoms with E-state index in [2.05, 4.69) is 15.5 Å². The van der Waals surface area contributed by atoms with E-state index in [0.29, 0.717) is 17.1 Å². The molecule has 2 heterocycles. The van der Waals surface area contributed by atoms with E-state index in [1.165, 1.54) is 22.8 Å². The number of aromatic amines is 1. The molecule has 7 nitrogen and oxygen atoms in total. The molecule has 28 heavy (non-hydrogen) atoms. The highest BCUT2D eigenvalue weighted by Gasteiger charge is 2.18. The Morgan fingerprint density at radius 3 is 2.68 bits per heavy atom. The molecule has 2 aromatic heterocycles. The molecule has 1 amide bonds. The number of anilines is 1. The van der Waals surface area contributed by atoms with E-state index >= 15 is 0 Å². The summed E-state index contributed by atoms with van der Waals surface area (Å²) < 4.78 is 20.5. The number of hydrogen-bond acceptors (Lipinski definition) is 4. The van der Waals surface area contributed by atoms with E-state index in [1.807, 2.05) is 0 Å². The Hall–Kier alpha value is -3.94. The van der Waals surface area contributed by atoms with Crippen molar-refractivity contribution in [3.8, 4) is 17.0 Å². The molecule has 0 spiro atoms. The molecule has 2 N–H and O–H groups in total. The van der Waals surface area contributed by atoms with Crippen molar-refractivity contribution in [1.82, 2.24) is 14.7 Å². The van der Waals surface area contributed by atoms with E-state index in [9.17, 15) is 14.0 Å². The van der Waals surface area contributed by atoms with Gasteiger partial charge in [-0.2, -0.15) is 0 Å². The fraction of sp³-hybridized carbons (Fsp3) is 0.0500. The molecule has 0 aliphatic rings. The van der Waals surface area contributed by atoms with Gasteiger partial charge in [-0.1, -0.05) is 29.4 Å². The molecule has 0 aliphatic heterocycles. The van der Waals surface area contributed by atoms with Crippen LogP contribution < -0.4 is 11.0 Å². The van der Waals surface area contributed by atoms with Gasteiger partial charge in [-0.05, 0) is 31.2 Å². The molecule has 0 aliphatic carbocycles. The van der Waals surface area contributed by atoms with Gasteiger partial charge in [-0.3, -0.25) is 9.36 Å². The normalized spacial score (nSPS) is 10.8. The second kappa shape index (κ2) is 6.99. The monoisotopic (exact) mass is 378 g/mol. The van der Waals surface area contributed by atoms with Gasteiger partial charge < -0.3 is 14.8 Å². The zero-order valence-corrected chi connectivity index (χ0v) is 14.8. The molecule has 4 aromatic rings. The van der Waals surface area contributed by atoms with Crippen molar-refractivity contribution in [2.75, 3.05) is 5.32 Å². The Bertz CT molecular complexity index is 1220. The number of carbonyl (C=O) groups is 1. The number of nitrogens with zero attached hydrogens (tertiary/aromatic N) is 2. The van der Waals surface area contributed by atoms with Crippen LogP contribution in [0.1, 0.15) is 16.2 Å². The second-order valence-corrected chi connectivity index (χ2v) is 6.10. The van der Waals surface area contributed by atoms with E-state index in [-0.39, 0.29) is 22.7 Å². The Morgan fingerprint density at radius 2 is 1.93 bits per heavy atom. The summed E-state index contributed by atoms with van der Waals surface area (Å²) >= 11 is 0. The van der Waals surface area contributed by atoms with Gasteiger partial charge in [-0.15, -0.1) is 0 Å². The highest BCUT2D eigenvalue weighted by atomic mass is 19.1. The molecule has 8 heteroatoms. The summed E-state index contributed by atoms with van der Waals surface area (Å²) in [5.41, 5.74) is 1.51. The smallest absolute Gasteiger partial charge is 0.330 e. The summed E-state index contributed by atoms with van der Waals surface area (Å²) in [5, 5.41) is 6.45. The minimum atomic E-state index is -0.542. The first kappa shape index (κ1) is 17.5. The third kappa shape index (κ3) is 3.11. The van der Waals surface area contributed by atoms with Crippen molar-refractivity contribution in [3.05, 3.63) is 88.5 Å².